The van der Waals surface area contributed by atoms with E-state index in [1.54, 1.807) is 6.20 Å². The number of hydrogen-bond acceptors (Lipinski definition) is 4. The molecule has 2 aliphatic rings. The highest BCUT2D eigenvalue weighted by molar-refractivity contribution is 5.99. The van der Waals surface area contributed by atoms with Gasteiger partial charge < -0.3 is 15.5 Å². The number of carbonyl (C=O) groups is 1. The molecule has 2 saturated heterocycles. The van der Waals surface area contributed by atoms with Crippen LogP contribution in [0.5, 0.6) is 0 Å². The number of pyridine rings is 1. The van der Waals surface area contributed by atoms with Gasteiger partial charge in [0.05, 0.1) is 5.56 Å². The number of amides is 1. The van der Waals surface area contributed by atoms with Gasteiger partial charge in [0.2, 0.25) is 0 Å². The van der Waals surface area contributed by atoms with Crippen LogP contribution in [0.3, 0.4) is 0 Å². The van der Waals surface area contributed by atoms with Crippen molar-refractivity contribution in [1.29, 1.82) is 0 Å². The number of rotatable bonds is 3. The number of aromatic nitrogens is 1. The second-order valence-electron chi connectivity index (χ2n) is 5.94. The maximum atomic E-state index is 12.6. The maximum absolute atomic E-state index is 12.6. The van der Waals surface area contributed by atoms with Crippen molar-refractivity contribution in [1.82, 2.24) is 15.6 Å². The van der Waals surface area contributed by atoms with Crippen LogP contribution in [0.15, 0.2) is 18.3 Å². The summed E-state index contributed by atoms with van der Waals surface area (Å²) >= 11 is 0. The van der Waals surface area contributed by atoms with E-state index in [0.29, 0.717) is 5.56 Å². The van der Waals surface area contributed by atoms with E-state index in [9.17, 15) is 4.79 Å². The highest BCUT2D eigenvalue weighted by atomic mass is 16.1. The summed E-state index contributed by atoms with van der Waals surface area (Å²) in [4.78, 5) is 19.3. The number of nitrogens with zero attached hydrogens (tertiary/aromatic N) is 2. The molecule has 0 saturated carbocycles. The van der Waals surface area contributed by atoms with Crippen LogP contribution in [0.25, 0.3) is 0 Å². The Morgan fingerprint density at radius 2 is 2.14 bits per heavy atom. The van der Waals surface area contributed by atoms with Crippen LogP contribution in [0.2, 0.25) is 0 Å². The molecule has 1 atom stereocenters. The van der Waals surface area contributed by atoms with E-state index < -0.39 is 0 Å². The Kier molecular flexibility index (Phi) is 4.70. The van der Waals surface area contributed by atoms with Crippen molar-refractivity contribution in [2.75, 3.05) is 31.1 Å². The third-order valence-electron chi connectivity index (χ3n) is 4.32. The Bertz CT molecular complexity index is 479. The monoisotopic (exact) mass is 288 g/mol. The lowest BCUT2D eigenvalue weighted by Crippen LogP contribution is -2.46. The van der Waals surface area contributed by atoms with Gasteiger partial charge in [-0.15, -0.1) is 0 Å². The first-order valence-electron chi connectivity index (χ1n) is 8.06. The van der Waals surface area contributed by atoms with Crippen LogP contribution in [-0.2, 0) is 0 Å². The van der Waals surface area contributed by atoms with Crippen molar-refractivity contribution < 1.29 is 4.79 Å². The van der Waals surface area contributed by atoms with Gasteiger partial charge in [-0.05, 0) is 50.8 Å². The molecule has 21 heavy (non-hydrogen) atoms. The van der Waals surface area contributed by atoms with Gasteiger partial charge in [-0.2, -0.15) is 0 Å². The van der Waals surface area contributed by atoms with Crippen LogP contribution in [0, 0.1) is 0 Å². The molecule has 0 spiro atoms. The summed E-state index contributed by atoms with van der Waals surface area (Å²) in [6, 6.07) is 3.98. The van der Waals surface area contributed by atoms with Crippen LogP contribution in [0.4, 0.5) is 5.82 Å². The summed E-state index contributed by atoms with van der Waals surface area (Å²) in [7, 11) is 0. The van der Waals surface area contributed by atoms with Crippen molar-refractivity contribution >= 4 is 11.7 Å². The van der Waals surface area contributed by atoms with E-state index in [-0.39, 0.29) is 11.9 Å². The number of carbonyl (C=O) groups excluding carboxylic acids is 1. The largest absolute Gasteiger partial charge is 0.356 e. The molecule has 5 nitrogen and oxygen atoms in total. The van der Waals surface area contributed by atoms with Crippen molar-refractivity contribution in [2.24, 2.45) is 0 Å². The summed E-state index contributed by atoms with van der Waals surface area (Å²) in [5.74, 6) is 0.857. The molecule has 3 rings (SSSR count). The van der Waals surface area contributed by atoms with Gasteiger partial charge in [0.15, 0.2) is 0 Å². The zero-order chi connectivity index (χ0) is 14.5. The van der Waals surface area contributed by atoms with Gasteiger partial charge in [-0.25, -0.2) is 4.98 Å². The van der Waals surface area contributed by atoms with E-state index in [2.05, 4.69) is 20.5 Å². The van der Waals surface area contributed by atoms with E-state index in [0.717, 1.165) is 44.8 Å². The fraction of sp³-hybridized carbons (Fsp3) is 0.625. The minimum atomic E-state index is 0.0115. The molecule has 1 aromatic heterocycles. The summed E-state index contributed by atoms with van der Waals surface area (Å²) < 4.78 is 0. The Morgan fingerprint density at radius 3 is 2.90 bits per heavy atom. The lowest BCUT2D eigenvalue weighted by molar-refractivity contribution is 0.0931. The zero-order valence-electron chi connectivity index (χ0n) is 12.5. The van der Waals surface area contributed by atoms with Crippen LogP contribution >= 0.6 is 0 Å². The molecule has 5 heteroatoms. The molecule has 0 bridgehead atoms. The zero-order valence-corrected chi connectivity index (χ0v) is 12.5. The van der Waals surface area contributed by atoms with Gasteiger partial charge in [0.1, 0.15) is 5.82 Å². The molecular formula is C16H24N4O. The fourth-order valence-corrected chi connectivity index (χ4v) is 3.17. The van der Waals surface area contributed by atoms with Gasteiger partial charge >= 0.3 is 0 Å². The molecule has 1 amide bonds. The van der Waals surface area contributed by atoms with E-state index in [1.807, 2.05) is 12.1 Å². The molecule has 0 unspecified atom stereocenters. The van der Waals surface area contributed by atoms with E-state index in [4.69, 9.17) is 0 Å². The topological polar surface area (TPSA) is 57.3 Å². The molecule has 3 heterocycles. The standard InChI is InChI=1S/C16H24N4O/c21-16(19-13-6-4-8-17-12-13)14-7-5-9-18-15(14)20-10-2-1-3-11-20/h5,7,9,13,17H,1-4,6,8,10-12H2,(H,19,21)/t13-/m0/s1. The highest BCUT2D eigenvalue weighted by Gasteiger charge is 2.22. The number of anilines is 1. The first-order valence-corrected chi connectivity index (χ1v) is 8.06. The quantitative estimate of drug-likeness (QED) is 0.886. The van der Waals surface area contributed by atoms with Gasteiger partial charge in [-0.1, -0.05) is 0 Å². The molecule has 2 fully saturated rings. The van der Waals surface area contributed by atoms with Crippen molar-refractivity contribution in [3.8, 4) is 0 Å². The molecule has 114 valence electrons. The molecule has 2 N–H and O–H groups in total. The van der Waals surface area contributed by atoms with Crippen molar-refractivity contribution in [3.05, 3.63) is 23.9 Å². The van der Waals surface area contributed by atoms with E-state index >= 15 is 0 Å². The lowest BCUT2D eigenvalue weighted by atomic mass is 10.1. The minimum Gasteiger partial charge on any atom is -0.356 e. The Labute approximate surface area is 126 Å². The maximum Gasteiger partial charge on any atom is 0.255 e. The van der Waals surface area contributed by atoms with Crippen LogP contribution in [-0.4, -0.2) is 43.1 Å². The third kappa shape index (κ3) is 3.53. The Hall–Kier alpha value is -1.62. The summed E-state index contributed by atoms with van der Waals surface area (Å²) in [5, 5.41) is 6.48. The predicted octanol–water partition coefficient (Wildman–Crippen LogP) is 1.55. The lowest BCUT2D eigenvalue weighted by Gasteiger charge is -2.30. The molecular weight excluding hydrogens is 264 g/mol. The van der Waals surface area contributed by atoms with Crippen LogP contribution in [0.1, 0.15) is 42.5 Å². The second-order valence-corrected chi connectivity index (χ2v) is 5.94. The molecule has 0 aliphatic carbocycles. The molecule has 0 aromatic carbocycles. The fourth-order valence-electron chi connectivity index (χ4n) is 3.17. The number of piperidine rings is 2. The summed E-state index contributed by atoms with van der Waals surface area (Å²) in [5.41, 5.74) is 0.713. The van der Waals surface area contributed by atoms with Crippen molar-refractivity contribution in [2.45, 2.75) is 38.1 Å². The average Bonchev–Trinajstić information content (AvgIpc) is 2.56. The number of nitrogens with one attached hydrogen (secondary N) is 2. The van der Waals surface area contributed by atoms with Gasteiger partial charge in [-0.3, -0.25) is 4.79 Å². The van der Waals surface area contributed by atoms with Crippen molar-refractivity contribution in [3.63, 3.8) is 0 Å². The smallest absolute Gasteiger partial charge is 0.255 e. The molecule has 1 aromatic rings. The minimum absolute atomic E-state index is 0.0115. The van der Waals surface area contributed by atoms with Crippen LogP contribution < -0.4 is 15.5 Å². The summed E-state index contributed by atoms with van der Waals surface area (Å²) in [6.45, 7) is 3.92. The molecule has 2 aliphatic heterocycles. The highest BCUT2D eigenvalue weighted by Crippen LogP contribution is 2.21. The third-order valence-corrected chi connectivity index (χ3v) is 4.32. The first-order chi connectivity index (χ1) is 10.3. The Balaban J connectivity index is 1.72. The summed E-state index contributed by atoms with van der Waals surface area (Å²) in [6.07, 6.45) is 7.60. The second kappa shape index (κ2) is 6.89. The number of hydrogen-bond donors (Lipinski definition) is 2. The molecule has 0 radical (unpaired) electrons. The predicted molar refractivity (Wildman–Crippen MR) is 83.7 cm³/mol. The normalized spacial score (nSPS) is 22.9. The average molecular weight is 288 g/mol. The van der Waals surface area contributed by atoms with Gasteiger partial charge in [0.25, 0.3) is 5.91 Å². The first kappa shape index (κ1) is 14.3. The SMILES string of the molecule is O=C(N[C@H]1CCCNC1)c1cccnc1N1CCCCC1. The Morgan fingerprint density at radius 1 is 1.29 bits per heavy atom. The van der Waals surface area contributed by atoms with Gasteiger partial charge in [0, 0.05) is 31.9 Å². The van der Waals surface area contributed by atoms with E-state index in [1.165, 1.54) is 19.3 Å².